The van der Waals surface area contributed by atoms with Crippen LogP contribution in [-0.4, -0.2) is 27.4 Å². The molecule has 0 aliphatic carbocycles. The normalized spacial score (nSPS) is 11.3. The van der Waals surface area contributed by atoms with E-state index in [9.17, 15) is 4.79 Å². The Morgan fingerprint density at radius 3 is 2.81 bits per heavy atom. The second kappa shape index (κ2) is 7.22. The lowest BCUT2D eigenvalue weighted by atomic mass is 10.1. The Bertz CT molecular complexity index is 637. The van der Waals surface area contributed by atoms with Gasteiger partial charge in [0.05, 0.1) is 18.8 Å². The van der Waals surface area contributed by atoms with Crippen LogP contribution >= 0.6 is 0 Å². The van der Waals surface area contributed by atoms with Crippen molar-refractivity contribution in [1.29, 1.82) is 0 Å². The average Bonchev–Trinajstić information content (AvgIpc) is 2.98. The van der Waals surface area contributed by atoms with Crippen molar-refractivity contribution in [3.63, 3.8) is 0 Å². The zero-order valence-corrected chi connectivity index (χ0v) is 11.8. The molecule has 0 saturated heterocycles. The predicted octanol–water partition coefficient (Wildman–Crippen LogP) is 0.466. The van der Waals surface area contributed by atoms with Gasteiger partial charge >= 0.3 is 0 Å². The van der Waals surface area contributed by atoms with Crippen LogP contribution in [0.1, 0.15) is 24.1 Å². The first-order valence-corrected chi connectivity index (χ1v) is 6.61. The van der Waals surface area contributed by atoms with Gasteiger partial charge in [-0.25, -0.2) is 4.68 Å². The molecule has 6 heteroatoms. The molecule has 2 aromatic rings. The van der Waals surface area contributed by atoms with Crippen molar-refractivity contribution >= 4 is 5.91 Å². The second-order valence-corrected chi connectivity index (χ2v) is 4.52. The molecule has 1 aromatic heterocycles. The molecule has 0 aliphatic rings. The summed E-state index contributed by atoms with van der Waals surface area (Å²) < 4.78 is 1.48. The van der Waals surface area contributed by atoms with Crippen molar-refractivity contribution in [2.45, 2.75) is 19.5 Å². The Kier molecular flexibility index (Phi) is 5.07. The number of rotatable bonds is 4. The summed E-state index contributed by atoms with van der Waals surface area (Å²) in [5.41, 5.74) is 7.25. The van der Waals surface area contributed by atoms with E-state index in [1.54, 1.807) is 6.20 Å². The molecular formula is C15H17N5O. The molecule has 3 N–H and O–H groups in total. The standard InChI is InChI=1S/C15H17N5O/c1-12(18-15(21)11-20-10-9-17-19-20)14-6-4-13(5-7-14)3-2-8-16/h4-7,9-10,12H,8,11,16H2,1H3,(H,18,21). The molecule has 108 valence electrons. The number of aromatic nitrogens is 3. The third-order valence-corrected chi connectivity index (χ3v) is 2.90. The van der Waals surface area contributed by atoms with E-state index in [-0.39, 0.29) is 18.5 Å². The van der Waals surface area contributed by atoms with Crippen LogP contribution in [0.2, 0.25) is 0 Å². The van der Waals surface area contributed by atoms with E-state index in [4.69, 9.17) is 5.73 Å². The molecule has 0 saturated carbocycles. The maximum atomic E-state index is 11.9. The Morgan fingerprint density at radius 2 is 2.19 bits per heavy atom. The van der Waals surface area contributed by atoms with Crippen LogP contribution in [0.4, 0.5) is 0 Å². The number of nitrogens with one attached hydrogen (secondary N) is 1. The molecule has 0 spiro atoms. The molecule has 1 aromatic carbocycles. The number of carbonyl (C=O) groups is 1. The fourth-order valence-electron chi connectivity index (χ4n) is 1.84. The minimum absolute atomic E-state index is 0.0856. The number of carbonyl (C=O) groups excluding carboxylic acids is 1. The predicted molar refractivity (Wildman–Crippen MR) is 79.0 cm³/mol. The van der Waals surface area contributed by atoms with Crippen LogP contribution in [-0.2, 0) is 11.3 Å². The summed E-state index contributed by atoms with van der Waals surface area (Å²) in [6.45, 7) is 2.43. The molecule has 1 atom stereocenters. The van der Waals surface area contributed by atoms with Crippen LogP contribution in [0, 0.1) is 11.8 Å². The van der Waals surface area contributed by atoms with E-state index in [0.717, 1.165) is 11.1 Å². The third-order valence-electron chi connectivity index (χ3n) is 2.90. The lowest BCUT2D eigenvalue weighted by Gasteiger charge is -2.14. The molecule has 1 heterocycles. The number of amides is 1. The van der Waals surface area contributed by atoms with E-state index in [1.807, 2.05) is 31.2 Å². The first-order valence-electron chi connectivity index (χ1n) is 6.61. The van der Waals surface area contributed by atoms with Gasteiger partial charge in [-0.1, -0.05) is 29.2 Å². The Hall–Kier alpha value is -2.65. The highest BCUT2D eigenvalue weighted by Gasteiger charge is 2.10. The van der Waals surface area contributed by atoms with Gasteiger partial charge in [0.2, 0.25) is 5.91 Å². The van der Waals surface area contributed by atoms with Crippen molar-refractivity contribution in [3.8, 4) is 11.8 Å². The van der Waals surface area contributed by atoms with Crippen molar-refractivity contribution in [2.75, 3.05) is 6.54 Å². The van der Waals surface area contributed by atoms with E-state index in [1.165, 1.54) is 10.9 Å². The van der Waals surface area contributed by atoms with Gasteiger partial charge in [0, 0.05) is 11.8 Å². The van der Waals surface area contributed by atoms with Crippen molar-refractivity contribution in [3.05, 3.63) is 47.8 Å². The SMILES string of the molecule is CC(NC(=O)Cn1ccnn1)c1ccc(C#CCN)cc1. The van der Waals surface area contributed by atoms with Gasteiger partial charge in [0.15, 0.2) is 0 Å². The summed E-state index contributed by atoms with van der Waals surface area (Å²) in [4.78, 5) is 11.9. The molecule has 21 heavy (non-hydrogen) atoms. The maximum Gasteiger partial charge on any atom is 0.242 e. The minimum Gasteiger partial charge on any atom is -0.348 e. The topological polar surface area (TPSA) is 85.8 Å². The number of benzene rings is 1. The van der Waals surface area contributed by atoms with E-state index in [2.05, 4.69) is 27.5 Å². The van der Waals surface area contributed by atoms with Gasteiger partial charge in [0.1, 0.15) is 6.54 Å². The van der Waals surface area contributed by atoms with E-state index < -0.39 is 0 Å². The van der Waals surface area contributed by atoms with E-state index in [0.29, 0.717) is 6.54 Å². The monoisotopic (exact) mass is 283 g/mol. The van der Waals surface area contributed by atoms with Crippen molar-refractivity contribution < 1.29 is 4.79 Å². The molecule has 1 unspecified atom stereocenters. The van der Waals surface area contributed by atoms with Crippen molar-refractivity contribution in [2.24, 2.45) is 5.73 Å². The molecule has 2 rings (SSSR count). The van der Waals surface area contributed by atoms with Gasteiger partial charge < -0.3 is 11.1 Å². The molecule has 0 radical (unpaired) electrons. The Morgan fingerprint density at radius 1 is 1.43 bits per heavy atom. The number of hydrogen-bond donors (Lipinski definition) is 2. The van der Waals surface area contributed by atoms with Gasteiger partial charge in [-0.3, -0.25) is 4.79 Å². The molecule has 0 fully saturated rings. The smallest absolute Gasteiger partial charge is 0.242 e. The van der Waals surface area contributed by atoms with Crippen LogP contribution < -0.4 is 11.1 Å². The first-order chi connectivity index (χ1) is 10.2. The van der Waals surface area contributed by atoms with Crippen LogP contribution in [0.15, 0.2) is 36.7 Å². The Balaban J connectivity index is 1.93. The van der Waals surface area contributed by atoms with Crippen LogP contribution in [0.5, 0.6) is 0 Å². The van der Waals surface area contributed by atoms with Crippen LogP contribution in [0.3, 0.4) is 0 Å². The van der Waals surface area contributed by atoms with Crippen LogP contribution in [0.25, 0.3) is 0 Å². The highest BCUT2D eigenvalue weighted by atomic mass is 16.2. The van der Waals surface area contributed by atoms with E-state index >= 15 is 0 Å². The summed E-state index contributed by atoms with van der Waals surface area (Å²) in [5.74, 6) is 5.65. The molecule has 0 bridgehead atoms. The minimum atomic E-state index is -0.111. The van der Waals surface area contributed by atoms with Gasteiger partial charge in [-0.05, 0) is 24.6 Å². The zero-order chi connectivity index (χ0) is 15.1. The number of nitrogens with zero attached hydrogens (tertiary/aromatic N) is 3. The molecule has 1 amide bonds. The maximum absolute atomic E-state index is 11.9. The van der Waals surface area contributed by atoms with Gasteiger partial charge in [-0.2, -0.15) is 0 Å². The summed E-state index contributed by atoms with van der Waals surface area (Å²) in [5, 5.41) is 10.3. The highest BCUT2D eigenvalue weighted by molar-refractivity contribution is 5.76. The first kappa shape index (κ1) is 14.8. The number of hydrogen-bond acceptors (Lipinski definition) is 4. The molecule has 6 nitrogen and oxygen atoms in total. The number of nitrogens with two attached hydrogens (primary N) is 1. The summed E-state index contributed by atoms with van der Waals surface area (Å²) in [7, 11) is 0. The Labute approximate surface area is 123 Å². The lowest BCUT2D eigenvalue weighted by Crippen LogP contribution is -2.30. The summed E-state index contributed by atoms with van der Waals surface area (Å²) in [6, 6.07) is 7.63. The largest absolute Gasteiger partial charge is 0.348 e. The molecular weight excluding hydrogens is 266 g/mol. The molecule has 0 aliphatic heterocycles. The zero-order valence-electron chi connectivity index (χ0n) is 11.8. The fourth-order valence-corrected chi connectivity index (χ4v) is 1.84. The third kappa shape index (κ3) is 4.44. The summed E-state index contributed by atoms with van der Waals surface area (Å²) in [6.07, 6.45) is 3.19. The lowest BCUT2D eigenvalue weighted by molar-refractivity contribution is -0.122. The highest BCUT2D eigenvalue weighted by Crippen LogP contribution is 2.13. The van der Waals surface area contributed by atoms with Gasteiger partial charge in [0.25, 0.3) is 0 Å². The van der Waals surface area contributed by atoms with Crippen molar-refractivity contribution in [1.82, 2.24) is 20.3 Å². The quantitative estimate of drug-likeness (QED) is 0.798. The average molecular weight is 283 g/mol. The summed E-state index contributed by atoms with van der Waals surface area (Å²) >= 11 is 0. The second-order valence-electron chi connectivity index (χ2n) is 4.52. The fraction of sp³-hybridized carbons (Fsp3) is 0.267. The van der Waals surface area contributed by atoms with Gasteiger partial charge in [-0.15, -0.1) is 5.10 Å².